The van der Waals surface area contributed by atoms with Crippen molar-refractivity contribution in [2.75, 3.05) is 4.90 Å². The third-order valence-electron chi connectivity index (χ3n) is 15.3. The number of para-hydroxylation sites is 4. The summed E-state index contributed by atoms with van der Waals surface area (Å²) in [7, 11) is 0. The van der Waals surface area contributed by atoms with Gasteiger partial charge < -0.3 is 9.47 Å². The Hall–Kier alpha value is -9.50. The minimum Gasteiger partial charge on any atom is -0.310 e. The summed E-state index contributed by atoms with van der Waals surface area (Å²) in [6.07, 6.45) is 0. The number of anilines is 3. The van der Waals surface area contributed by atoms with Gasteiger partial charge >= 0.3 is 0 Å². The largest absolute Gasteiger partial charge is 0.310 e. The first-order valence-corrected chi connectivity index (χ1v) is 25.3. The number of nitrogens with zero attached hydrogens (tertiary/aromatic N) is 2. The number of rotatable bonds is 9. The normalized spacial score (nSPS) is 12.5. The minimum absolute atomic E-state index is 0.560. The Morgan fingerprint density at radius 1 is 0.315 bits per heavy atom. The van der Waals surface area contributed by atoms with E-state index in [0.717, 1.165) is 33.9 Å². The van der Waals surface area contributed by atoms with Crippen LogP contribution in [-0.4, -0.2) is 4.57 Å². The second-order valence-electron chi connectivity index (χ2n) is 19.1. The first kappa shape index (κ1) is 42.4. The molecule has 0 unspecified atom stereocenters. The molecule has 1 aliphatic carbocycles. The van der Waals surface area contributed by atoms with Crippen molar-refractivity contribution in [3.05, 3.63) is 313 Å². The first-order chi connectivity index (χ1) is 36.3. The van der Waals surface area contributed by atoms with Crippen LogP contribution < -0.4 is 4.90 Å². The van der Waals surface area contributed by atoms with Gasteiger partial charge in [0.1, 0.15) is 0 Å². The molecule has 0 bridgehead atoms. The zero-order valence-corrected chi connectivity index (χ0v) is 40.1. The highest BCUT2D eigenvalue weighted by molar-refractivity contribution is 6.14. The standard InChI is InChI=1S/C71H48N2/c1-5-22-49(23-6-1)57-35-19-24-51-25-20-37-63(69(51)57)61-33-14-17-40-67(61)72(55-44-42-50(43-45-55)58-36-21-38-64-62-34-15-18-41-68(62)73(70(58)64)54-30-11-4-12-31-54)56-46-47-60-59-32-13-16-39-65(59)71(66(60)48-56,52-26-7-2-8-27-52)53-28-9-3-10-29-53/h1-48H. The molecule has 0 aliphatic heterocycles. The highest BCUT2D eigenvalue weighted by Gasteiger charge is 2.46. The van der Waals surface area contributed by atoms with Crippen LogP contribution >= 0.6 is 0 Å². The summed E-state index contributed by atoms with van der Waals surface area (Å²) >= 11 is 0. The van der Waals surface area contributed by atoms with Gasteiger partial charge in [0, 0.05) is 39.0 Å². The minimum atomic E-state index is -0.560. The van der Waals surface area contributed by atoms with Crippen molar-refractivity contribution in [1.82, 2.24) is 4.57 Å². The van der Waals surface area contributed by atoms with Crippen molar-refractivity contribution in [2.45, 2.75) is 5.41 Å². The van der Waals surface area contributed by atoms with E-state index in [1.807, 2.05) is 0 Å². The lowest BCUT2D eigenvalue weighted by Crippen LogP contribution is -2.28. The van der Waals surface area contributed by atoms with Crippen molar-refractivity contribution >= 4 is 49.6 Å². The molecule has 1 aliphatic rings. The van der Waals surface area contributed by atoms with E-state index in [4.69, 9.17) is 0 Å². The summed E-state index contributed by atoms with van der Waals surface area (Å²) in [5, 5.41) is 4.92. The zero-order valence-electron chi connectivity index (χ0n) is 40.1. The summed E-state index contributed by atoms with van der Waals surface area (Å²) in [4.78, 5) is 2.49. The number of hydrogen-bond acceptors (Lipinski definition) is 1. The molecule has 0 atom stereocenters. The van der Waals surface area contributed by atoms with Crippen molar-refractivity contribution in [2.24, 2.45) is 0 Å². The van der Waals surface area contributed by atoms with Crippen molar-refractivity contribution < 1.29 is 0 Å². The summed E-state index contributed by atoms with van der Waals surface area (Å²) in [5.74, 6) is 0. The van der Waals surface area contributed by atoms with E-state index < -0.39 is 5.41 Å². The molecule has 0 spiro atoms. The zero-order chi connectivity index (χ0) is 48.3. The summed E-state index contributed by atoms with van der Waals surface area (Å²) in [6.45, 7) is 0. The smallest absolute Gasteiger partial charge is 0.0714 e. The van der Waals surface area contributed by atoms with Crippen molar-refractivity contribution in [1.29, 1.82) is 0 Å². The van der Waals surface area contributed by atoms with Gasteiger partial charge in [0.2, 0.25) is 0 Å². The van der Waals surface area contributed by atoms with Crippen LogP contribution in [0.25, 0.3) is 82.8 Å². The summed E-state index contributed by atoms with van der Waals surface area (Å²) in [6, 6.07) is 107. The van der Waals surface area contributed by atoms with Crippen LogP contribution in [0.1, 0.15) is 22.3 Å². The Kier molecular flexibility index (Phi) is 10.1. The molecule has 2 nitrogen and oxygen atoms in total. The second kappa shape index (κ2) is 17.4. The van der Waals surface area contributed by atoms with Crippen LogP contribution in [0.4, 0.5) is 17.1 Å². The predicted molar refractivity (Wildman–Crippen MR) is 307 cm³/mol. The monoisotopic (exact) mass is 928 g/mol. The van der Waals surface area contributed by atoms with Crippen LogP contribution in [0.5, 0.6) is 0 Å². The Morgan fingerprint density at radius 3 is 1.58 bits per heavy atom. The quantitative estimate of drug-likeness (QED) is 0.140. The van der Waals surface area contributed by atoms with Gasteiger partial charge in [-0.15, -0.1) is 0 Å². The van der Waals surface area contributed by atoms with Gasteiger partial charge in [-0.25, -0.2) is 0 Å². The molecule has 1 heterocycles. The van der Waals surface area contributed by atoms with Gasteiger partial charge in [0.15, 0.2) is 0 Å². The van der Waals surface area contributed by atoms with Gasteiger partial charge in [-0.2, -0.15) is 0 Å². The van der Waals surface area contributed by atoms with Crippen LogP contribution in [0.2, 0.25) is 0 Å². The molecule has 0 N–H and O–H groups in total. The summed E-state index contributed by atoms with van der Waals surface area (Å²) in [5.41, 5.74) is 20.9. The maximum Gasteiger partial charge on any atom is 0.0714 e. The fourth-order valence-corrected chi connectivity index (χ4v) is 12.2. The Morgan fingerprint density at radius 2 is 0.836 bits per heavy atom. The molecule has 0 fully saturated rings. The van der Waals surface area contributed by atoms with Gasteiger partial charge in [0.05, 0.1) is 22.1 Å². The Bertz CT molecular complexity index is 4130. The highest BCUT2D eigenvalue weighted by Crippen LogP contribution is 2.58. The lowest BCUT2D eigenvalue weighted by atomic mass is 9.67. The van der Waals surface area contributed by atoms with E-state index in [1.54, 1.807) is 0 Å². The van der Waals surface area contributed by atoms with E-state index in [0.29, 0.717) is 0 Å². The first-order valence-electron chi connectivity index (χ1n) is 25.3. The van der Waals surface area contributed by atoms with E-state index in [1.165, 1.54) is 88.2 Å². The third kappa shape index (κ3) is 6.72. The summed E-state index contributed by atoms with van der Waals surface area (Å²) < 4.78 is 2.43. The van der Waals surface area contributed by atoms with Crippen molar-refractivity contribution in [3.63, 3.8) is 0 Å². The fraction of sp³-hybridized carbons (Fsp3) is 0.0141. The topological polar surface area (TPSA) is 8.17 Å². The van der Waals surface area contributed by atoms with Crippen LogP contribution in [0.3, 0.4) is 0 Å². The molecule has 0 saturated carbocycles. The van der Waals surface area contributed by atoms with E-state index in [9.17, 15) is 0 Å². The molecular weight excluding hydrogens is 881 g/mol. The number of hydrogen-bond donors (Lipinski definition) is 0. The molecule has 73 heavy (non-hydrogen) atoms. The van der Waals surface area contributed by atoms with E-state index in [-0.39, 0.29) is 0 Å². The van der Waals surface area contributed by atoms with Gasteiger partial charge in [-0.05, 0) is 115 Å². The predicted octanol–water partition coefficient (Wildman–Crippen LogP) is 18.8. The maximum atomic E-state index is 2.49. The molecule has 1 aromatic heterocycles. The van der Waals surface area contributed by atoms with Gasteiger partial charge in [-0.3, -0.25) is 0 Å². The molecule has 0 radical (unpaired) electrons. The lowest BCUT2D eigenvalue weighted by molar-refractivity contribution is 0.768. The molecule has 2 heteroatoms. The van der Waals surface area contributed by atoms with Gasteiger partial charge in [0.25, 0.3) is 0 Å². The highest BCUT2D eigenvalue weighted by atomic mass is 15.1. The third-order valence-corrected chi connectivity index (χ3v) is 15.3. The molecule has 14 rings (SSSR count). The SMILES string of the molecule is c1ccc(-c2cccc3cccc(-c4ccccc4N(c4ccc(-c5cccc6c7ccccc7n(-c7ccccc7)c56)cc4)c4ccc5c(c4)C(c4ccccc4)(c4ccccc4)c4ccccc4-5)c23)cc1. The van der Waals surface area contributed by atoms with Crippen LogP contribution in [0.15, 0.2) is 291 Å². The van der Waals surface area contributed by atoms with E-state index in [2.05, 4.69) is 301 Å². The van der Waals surface area contributed by atoms with E-state index >= 15 is 0 Å². The second-order valence-corrected chi connectivity index (χ2v) is 19.1. The lowest BCUT2D eigenvalue weighted by Gasteiger charge is -2.35. The molecule has 13 aromatic rings. The Balaban J connectivity index is 1.02. The van der Waals surface area contributed by atoms with Crippen LogP contribution in [-0.2, 0) is 5.41 Å². The molecule has 0 saturated heterocycles. The maximum absolute atomic E-state index is 2.49. The van der Waals surface area contributed by atoms with Gasteiger partial charge in [-0.1, -0.05) is 243 Å². The van der Waals surface area contributed by atoms with Crippen molar-refractivity contribution in [3.8, 4) is 50.2 Å². The fourth-order valence-electron chi connectivity index (χ4n) is 12.2. The average Bonchev–Trinajstić information content (AvgIpc) is 3.97. The molecule has 342 valence electrons. The average molecular weight is 929 g/mol. The Labute approximate surface area is 426 Å². The molecule has 0 amide bonds. The number of benzene rings is 12. The number of fused-ring (bicyclic) bond motifs is 7. The van der Waals surface area contributed by atoms with Crippen LogP contribution in [0, 0.1) is 0 Å². The molecule has 12 aromatic carbocycles. The molecular formula is C71H48N2. The number of aromatic nitrogens is 1.